The van der Waals surface area contributed by atoms with Gasteiger partial charge in [0.1, 0.15) is 0 Å². The van der Waals surface area contributed by atoms with Crippen molar-refractivity contribution in [1.82, 2.24) is 10.2 Å². The van der Waals surface area contributed by atoms with Gasteiger partial charge in [-0.3, -0.25) is 4.79 Å². The van der Waals surface area contributed by atoms with Crippen LogP contribution in [0.2, 0.25) is 0 Å². The van der Waals surface area contributed by atoms with Gasteiger partial charge in [0.05, 0.1) is 12.0 Å². The number of carbonyl (C=O) groups excluding carboxylic acids is 1. The van der Waals surface area contributed by atoms with E-state index in [1.807, 2.05) is 36.9 Å². The van der Waals surface area contributed by atoms with Gasteiger partial charge in [-0.2, -0.15) is 0 Å². The summed E-state index contributed by atoms with van der Waals surface area (Å²) in [5.74, 6) is 0.168. The lowest BCUT2D eigenvalue weighted by Crippen LogP contribution is -2.52. The highest BCUT2D eigenvalue weighted by molar-refractivity contribution is 5.82. The predicted octanol–water partition coefficient (Wildman–Crippen LogP) is 1.83. The molecule has 110 valence electrons. The Kier molecular flexibility index (Phi) is 4.78. The number of nitrogens with one attached hydrogen (secondary N) is 1. The van der Waals surface area contributed by atoms with E-state index < -0.39 is 5.41 Å². The van der Waals surface area contributed by atoms with E-state index in [-0.39, 0.29) is 11.9 Å². The summed E-state index contributed by atoms with van der Waals surface area (Å²) in [4.78, 5) is 14.6. The van der Waals surface area contributed by atoms with E-state index in [1.165, 1.54) is 5.56 Å². The van der Waals surface area contributed by atoms with Crippen LogP contribution in [0.3, 0.4) is 0 Å². The number of carbonyl (C=O) groups is 1. The zero-order valence-electron chi connectivity index (χ0n) is 12.6. The number of hydrogen-bond acceptors (Lipinski definition) is 3. The number of piperazine rings is 1. The molecule has 1 fully saturated rings. The van der Waals surface area contributed by atoms with Crippen LogP contribution in [0.4, 0.5) is 0 Å². The lowest BCUT2D eigenvalue weighted by Gasteiger charge is -2.38. The predicted molar refractivity (Wildman–Crippen MR) is 79.4 cm³/mol. The standard InChI is InChI=1S/C16H24N2O2/c1-16(2,12-20-3)15(19)18-10-9-17-14(11-18)13-7-5-4-6-8-13/h4-8,14,17H,9-12H2,1-3H3. The molecule has 1 aromatic carbocycles. The maximum atomic E-state index is 12.6. The summed E-state index contributed by atoms with van der Waals surface area (Å²) in [6.45, 7) is 6.64. The fourth-order valence-corrected chi connectivity index (χ4v) is 2.69. The van der Waals surface area contributed by atoms with Crippen molar-refractivity contribution in [2.24, 2.45) is 5.41 Å². The first kappa shape index (κ1) is 15.0. The number of rotatable bonds is 4. The van der Waals surface area contributed by atoms with Crippen molar-refractivity contribution in [2.45, 2.75) is 19.9 Å². The van der Waals surface area contributed by atoms with Gasteiger partial charge >= 0.3 is 0 Å². The normalized spacial score (nSPS) is 19.9. The zero-order valence-corrected chi connectivity index (χ0v) is 12.6. The average molecular weight is 276 g/mol. The molecule has 0 saturated carbocycles. The Hall–Kier alpha value is -1.39. The molecule has 20 heavy (non-hydrogen) atoms. The largest absolute Gasteiger partial charge is 0.384 e. The van der Waals surface area contributed by atoms with Crippen LogP contribution >= 0.6 is 0 Å². The molecule has 4 nitrogen and oxygen atoms in total. The zero-order chi connectivity index (χ0) is 14.6. The topological polar surface area (TPSA) is 41.6 Å². The van der Waals surface area contributed by atoms with Crippen LogP contribution in [0.15, 0.2) is 30.3 Å². The summed E-state index contributed by atoms with van der Waals surface area (Å²) in [5.41, 5.74) is 0.766. The van der Waals surface area contributed by atoms with E-state index >= 15 is 0 Å². The summed E-state index contributed by atoms with van der Waals surface area (Å²) in [7, 11) is 1.64. The van der Waals surface area contributed by atoms with Gasteiger partial charge in [-0.25, -0.2) is 0 Å². The third-order valence-electron chi connectivity index (χ3n) is 3.75. The molecule has 0 spiro atoms. The second-order valence-electron chi connectivity index (χ2n) is 5.99. The second kappa shape index (κ2) is 6.37. The van der Waals surface area contributed by atoms with Crippen molar-refractivity contribution in [3.63, 3.8) is 0 Å². The minimum absolute atomic E-state index is 0.168. The lowest BCUT2D eigenvalue weighted by atomic mass is 9.91. The molecule has 0 aliphatic carbocycles. The molecule has 1 atom stereocenters. The number of ether oxygens (including phenoxy) is 1. The van der Waals surface area contributed by atoms with Crippen molar-refractivity contribution in [2.75, 3.05) is 33.4 Å². The Balaban J connectivity index is 2.05. The number of amides is 1. The Labute approximate surface area is 121 Å². The van der Waals surface area contributed by atoms with Crippen LogP contribution in [-0.2, 0) is 9.53 Å². The maximum Gasteiger partial charge on any atom is 0.230 e. The van der Waals surface area contributed by atoms with Gasteiger partial charge in [0, 0.05) is 32.8 Å². The third-order valence-corrected chi connectivity index (χ3v) is 3.75. The van der Waals surface area contributed by atoms with Gasteiger partial charge < -0.3 is 15.0 Å². The fourth-order valence-electron chi connectivity index (χ4n) is 2.69. The molecule has 2 rings (SSSR count). The second-order valence-corrected chi connectivity index (χ2v) is 5.99. The molecule has 1 aliphatic heterocycles. The summed E-state index contributed by atoms with van der Waals surface area (Å²) >= 11 is 0. The number of hydrogen-bond donors (Lipinski definition) is 1. The first-order valence-corrected chi connectivity index (χ1v) is 7.11. The van der Waals surface area contributed by atoms with Gasteiger partial charge in [-0.05, 0) is 19.4 Å². The van der Waals surface area contributed by atoms with Crippen molar-refractivity contribution in [3.8, 4) is 0 Å². The van der Waals surface area contributed by atoms with Gasteiger partial charge in [0.2, 0.25) is 5.91 Å². The molecule has 1 saturated heterocycles. The van der Waals surface area contributed by atoms with Crippen LogP contribution in [0.5, 0.6) is 0 Å². The first-order chi connectivity index (χ1) is 9.54. The molecular weight excluding hydrogens is 252 g/mol. The Morgan fingerprint density at radius 2 is 2.10 bits per heavy atom. The molecule has 0 radical (unpaired) electrons. The molecule has 1 N–H and O–H groups in total. The van der Waals surface area contributed by atoms with Crippen molar-refractivity contribution in [3.05, 3.63) is 35.9 Å². The molecular formula is C16H24N2O2. The fraction of sp³-hybridized carbons (Fsp3) is 0.562. The SMILES string of the molecule is COCC(C)(C)C(=O)N1CCNC(c2ccccc2)C1. The van der Waals surface area contributed by atoms with Gasteiger partial charge in [-0.1, -0.05) is 30.3 Å². The highest BCUT2D eigenvalue weighted by atomic mass is 16.5. The minimum Gasteiger partial charge on any atom is -0.384 e. The summed E-state index contributed by atoms with van der Waals surface area (Å²) < 4.78 is 5.17. The number of benzene rings is 1. The molecule has 0 bridgehead atoms. The monoisotopic (exact) mass is 276 g/mol. The molecule has 1 heterocycles. The minimum atomic E-state index is -0.465. The maximum absolute atomic E-state index is 12.6. The van der Waals surface area contributed by atoms with Gasteiger partial charge in [0.25, 0.3) is 0 Å². The Bertz CT molecular complexity index is 445. The molecule has 1 unspecified atom stereocenters. The average Bonchev–Trinajstić information content (AvgIpc) is 2.47. The first-order valence-electron chi connectivity index (χ1n) is 7.11. The Morgan fingerprint density at radius 1 is 1.40 bits per heavy atom. The van der Waals surface area contributed by atoms with Crippen LogP contribution < -0.4 is 5.32 Å². The third kappa shape index (κ3) is 3.38. The van der Waals surface area contributed by atoms with Crippen molar-refractivity contribution < 1.29 is 9.53 Å². The van der Waals surface area contributed by atoms with Gasteiger partial charge in [-0.15, -0.1) is 0 Å². The van der Waals surface area contributed by atoms with E-state index in [4.69, 9.17) is 4.74 Å². The van der Waals surface area contributed by atoms with Crippen LogP contribution in [0.1, 0.15) is 25.5 Å². The van der Waals surface area contributed by atoms with Crippen molar-refractivity contribution in [1.29, 1.82) is 0 Å². The van der Waals surface area contributed by atoms with Crippen LogP contribution in [-0.4, -0.2) is 44.2 Å². The van der Waals surface area contributed by atoms with Crippen LogP contribution in [0.25, 0.3) is 0 Å². The van der Waals surface area contributed by atoms with E-state index in [2.05, 4.69) is 17.4 Å². The number of nitrogens with zero attached hydrogens (tertiary/aromatic N) is 1. The van der Waals surface area contributed by atoms with Gasteiger partial charge in [0.15, 0.2) is 0 Å². The van der Waals surface area contributed by atoms with Crippen LogP contribution in [0, 0.1) is 5.41 Å². The summed E-state index contributed by atoms with van der Waals surface area (Å²) in [6.07, 6.45) is 0. The Morgan fingerprint density at radius 3 is 2.75 bits per heavy atom. The quantitative estimate of drug-likeness (QED) is 0.912. The molecule has 1 aliphatic rings. The molecule has 1 amide bonds. The highest BCUT2D eigenvalue weighted by Crippen LogP contribution is 2.23. The molecule has 4 heteroatoms. The lowest BCUT2D eigenvalue weighted by molar-refractivity contribution is -0.144. The van der Waals surface area contributed by atoms with Crippen molar-refractivity contribution >= 4 is 5.91 Å². The highest BCUT2D eigenvalue weighted by Gasteiger charge is 2.34. The number of methoxy groups -OCH3 is 1. The molecule has 0 aromatic heterocycles. The summed E-state index contributed by atoms with van der Waals surface area (Å²) in [5, 5.41) is 3.48. The van der Waals surface area contributed by atoms with E-state index in [0.29, 0.717) is 6.61 Å². The smallest absolute Gasteiger partial charge is 0.230 e. The molecule has 1 aromatic rings. The summed E-state index contributed by atoms with van der Waals surface area (Å²) in [6, 6.07) is 10.5. The van der Waals surface area contributed by atoms with E-state index in [9.17, 15) is 4.79 Å². The van der Waals surface area contributed by atoms with E-state index in [1.54, 1.807) is 7.11 Å². The van der Waals surface area contributed by atoms with E-state index in [0.717, 1.165) is 19.6 Å².